The monoisotopic (exact) mass is 335 g/mol. The molecule has 2 unspecified atom stereocenters. The van der Waals surface area contributed by atoms with Gasteiger partial charge in [0.1, 0.15) is 17.7 Å². The molecular weight excluding hydrogens is 314 g/mol. The summed E-state index contributed by atoms with van der Waals surface area (Å²) in [5, 5.41) is 4.32. The average Bonchev–Trinajstić information content (AvgIpc) is 3.30. The third kappa shape index (κ3) is 2.26. The van der Waals surface area contributed by atoms with Crippen molar-refractivity contribution in [2.45, 2.75) is 13.8 Å². The molecule has 5 heterocycles. The first kappa shape index (κ1) is 14.6. The van der Waals surface area contributed by atoms with E-state index in [9.17, 15) is 0 Å². The van der Waals surface area contributed by atoms with Crippen molar-refractivity contribution < 1.29 is 0 Å². The first-order chi connectivity index (χ1) is 12.2. The van der Waals surface area contributed by atoms with Crippen LogP contribution < -0.4 is 9.80 Å². The van der Waals surface area contributed by atoms with E-state index < -0.39 is 0 Å². The van der Waals surface area contributed by atoms with Crippen molar-refractivity contribution in [3.05, 3.63) is 42.2 Å². The Balaban J connectivity index is 1.37. The Bertz CT molecular complexity index is 920. The summed E-state index contributed by atoms with van der Waals surface area (Å²) >= 11 is 0. The quantitative estimate of drug-likeness (QED) is 0.710. The molecule has 128 valence electrons. The summed E-state index contributed by atoms with van der Waals surface area (Å²) in [5.41, 5.74) is 3.35. The second kappa shape index (κ2) is 5.40. The molecule has 2 atom stereocenters. The molecule has 0 spiro atoms. The van der Waals surface area contributed by atoms with Crippen LogP contribution in [0.25, 0.3) is 5.52 Å². The van der Waals surface area contributed by atoms with Gasteiger partial charge in [-0.3, -0.25) is 0 Å². The third-order valence-electron chi connectivity index (χ3n) is 5.70. The van der Waals surface area contributed by atoms with Crippen LogP contribution in [-0.4, -0.2) is 50.7 Å². The van der Waals surface area contributed by atoms with E-state index in [2.05, 4.69) is 43.7 Å². The van der Waals surface area contributed by atoms with Crippen LogP contribution in [0.15, 0.2) is 31.0 Å². The van der Waals surface area contributed by atoms with E-state index in [1.54, 1.807) is 6.33 Å². The second-order valence-corrected chi connectivity index (χ2v) is 7.15. The highest BCUT2D eigenvalue weighted by Crippen LogP contribution is 2.36. The Morgan fingerprint density at radius 1 is 0.880 bits per heavy atom. The van der Waals surface area contributed by atoms with Crippen LogP contribution in [0.1, 0.15) is 11.3 Å². The van der Waals surface area contributed by atoms with E-state index in [1.807, 2.05) is 29.2 Å². The van der Waals surface area contributed by atoms with E-state index in [4.69, 9.17) is 0 Å². The second-order valence-electron chi connectivity index (χ2n) is 7.15. The molecule has 25 heavy (non-hydrogen) atoms. The van der Waals surface area contributed by atoms with Crippen LogP contribution in [0.2, 0.25) is 0 Å². The van der Waals surface area contributed by atoms with Crippen molar-refractivity contribution in [3.8, 4) is 0 Å². The highest BCUT2D eigenvalue weighted by molar-refractivity contribution is 5.68. The summed E-state index contributed by atoms with van der Waals surface area (Å²) in [7, 11) is 0. The highest BCUT2D eigenvalue weighted by atomic mass is 15.3. The number of aryl methyl sites for hydroxylation is 1. The van der Waals surface area contributed by atoms with Gasteiger partial charge in [-0.05, 0) is 19.9 Å². The Kier molecular flexibility index (Phi) is 3.16. The van der Waals surface area contributed by atoms with Gasteiger partial charge in [-0.15, -0.1) is 0 Å². The van der Waals surface area contributed by atoms with Gasteiger partial charge in [0.05, 0.1) is 6.20 Å². The van der Waals surface area contributed by atoms with Gasteiger partial charge >= 0.3 is 0 Å². The summed E-state index contributed by atoms with van der Waals surface area (Å²) in [6.07, 6.45) is 7.25. The molecule has 7 nitrogen and oxygen atoms in total. The number of nitrogens with zero attached hydrogens (tertiary/aromatic N) is 7. The molecule has 2 aliphatic rings. The summed E-state index contributed by atoms with van der Waals surface area (Å²) in [6.45, 7) is 8.37. The minimum atomic E-state index is 0.652. The van der Waals surface area contributed by atoms with Crippen LogP contribution in [0, 0.1) is 25.7 Å². The summed E-state index contributed by atoms with van der Waals surface area (Å²) in [6, 6.07) is 2.04. The van der Waals surface area contributed by atoms with E-state index in [0.717, 1.165) is 49.0 Å². The fourth-order valence-electron chi connectivity index (χ4n) is 4.27. The van der Waals surface area contributed by atoms with Gasteiger partial charge in [0, 0.05) is 61.7 Å². The molecule has 2 fully saturated rings. The minimum Gasteiger partial charge on any atom is -0.356 e. The van der Waals surface area contributed by atoms with Crippen LogP contribution in [0.5, 0.6) is 0 Å². The topological polar surface area (TPSA) is 62.5 Å². The zero-order valence-electron chi connectivity index (χ0n) is 14.5. The van der Waals surface area contributed by atoms with Crippen molar-refractivity contribution in [2.75, 3.05) is 36.0 Å². The zero-order valence-corrected chi connectivity index (χ0v) is 14.5. The Hall–Kier alpha value is -2.70. The van der Waals surface area contributed by atoms with Gasteiger partial charge in [-0.1, -0.05) is 0 Å². The molecule has 0 radical (unpaired) electrons. The number of hydrogen-bond donors (Lipinski definition) is 0. The molecule has 0 amide bonds. The number of hydrogen-bond acceptors (Lipinski definition) is 6. The van der Waals surface area contributed by atoms with Crippen LogP contribution >= 0.6 is 0 Å². The standard InChI is InChI=1S/C18H21N7/c1-12-13(2)20-11-21-17(12)23-7-14-9-24(10-15(14)8-23)18-16-3-4-22-25(16)6-5-19-18/h3-6,11,14-15H,7-10H2,1-2H3. The fraction of sp³-hybridized carbons (Fsp3) is 0.444. The lowest BCUT2D eigenvalue weighted by molar-refractivity contribution is 0.533. The van der Waals surface area contributed by atoms with Crippen molar-refractivity contribution in [1.29, 1.82) is 0 Å². The SMILES string of the molecule is Cc1ncnc(N2CC3CN(c4nccn5nccc45)CC3C2)c1C. The van der Waals surface area contributed by atoms with Gasteiger partial charge in [-0.2, -0.15) is 5.10 Å². The minimum absolute atomic E-state index is 0.652. The smallest absolute Gasteiger partial charge is 0.154 e. The molecule has 3 aromatic heterocycles. The average molecular weight is 335 g/mol. The van der Waals surface area contributed by atoms with Gasteiger partial charge in [0.25, 0.3) is 0 Å². The first-order valence-electron chi connectivity index (χ1n) is 8.77. The fourth-order valence-corrected chi connectivity index (χ4v) is 4.27. The summed E-state index contributed by atoms with van der Waals surface area (Å²) < 4.78 is 1.90. The van der Waals surface area contributed by atoms with Crippen LogP contribution in [0.4, 0.5) is 11.6 Å². The van der Waals surface area contributed by atoms with Gasteiger partial charge in [0.15, 0.2) is 5.82 Å². The number of fused-ring (bicyclic) bond motifs is 2. The van der Waals surface area contributed by atoms with Crippen molar-refractivity contribution in [2.24, 2.45) is 11.8 Å². The van der Waals surface area contributed by atoms with Crippen molar-refractivity contribution >= 4 is 17.2 Å². The van der Waals surface area contributed by atoms with Crippen LogP contribution in [0.3, 0.4) is 0 Å². The first-order valence-corrected chi connectivity index (χ1v) is 8.77. The highest BCUT2D eigenvalue weighted by Gasteiger charge is 2.41. The van der Waals surface area contributed by atoms with Crippen LogP contribution in [-0.2, 0) is 0 Å². The molecular formula is C18H21N7. The summed E-state index contributed by atoms with van der Waals surface area (Å²) in [4.78, 5) is 18.3. The maximum atomic E-state index is 4.62. The maximum absolute atomic E-state index is 4.62. The van der Waals surface area contributed by atoms with Gasteiger partial charge < -0.3 is 9.80 Å². The normalized spacial score (nSPS) is 22.8. The number of aromatic nitrogens is 5. The Morgan fingerprint density at radius 2 is 1.60 bits per heavy atom. The van der Waals surface area contributed by atoms with E-state index in [1.165, 1.54) is 5.56 Å². The molecule has 3 aromatic rings. The van der Waals surface area contributed by atoms with E-state index >= 15 is 0 Å². The van der Waals surface area contributed by atoms with Crippen molar-refractivity contribution in [3.63, 3.8) is 0 Å². The Labute approximate surface area is 146 Å². The molecule has 2 aliphatic heterocycles. The zero-order chi connectivity index (χ0) is 17.0. The number of rotatable bonds is 2. The van der Waals surface area contributed by atoms with Gasteiger partial charge in [-0.25, -0.2) is 19.5 Å². The lowest BCUT2D eigenvalue weighted by Gasteiger charge is -2.24. The van der Waals surface area contributed by atoms with E-state index in [-0.39, 0.29) is 0 Å². The molecule has 7 heteroatoms. The van der Waals surface area contributed by atoms with Crippen molar-refractivity contribution in [1.82, 2.24) is 24.6 Å². The number of anilines is 2. The van der Waals surface area contributed by atoms with E-state index in [0.29, 0.717) is 11.8 Å². The molecule has 2 saturated heterocycles. The largest absolute Gasteiger partial charge is 0.356 e. The molecule has 0 aliphatic carbocycles. The lowest BCUT2D eigenvalue weighted by Crippen LogP contribution is -2.30. The molecule has 0 N–H and O–H groups in total. The third-order valence-corrected chi connectivity index (χ3v) is 5.70. The molecule has 5 rings (SSSR count). The molecule has 0 bridgehead atoms. The Morgan fingerprint density at radius 3 is 2.36 bits per heavy atom. The summed E-state index contributed by atoms with van der Waals surface area (Å²) in [5.74, 6) is 3.46. The lowest BCUT2D eigenvalue weighted by atomic mass is 10.0. The van der Waals surface area contributed by atoms with Gasteiger partial charge in [0.2, 0.25) is 0 Å². The molecule has 0 aromatic carbocycles. The molecule has 0 saturated carbocycles. The predicted molar refractivity (Wildman–Crippen MR) is 95.9 cm³/mol. The maximum Gasteiger partial charge on any atom is 0.154 e. The predicted octanol–water partition coefficient (Wildman–Crippen LogP) is 1.71.